The van der Waals surface area contributed by atoms with Crippen molar-refractivity contribution in [3.05, 3.63) is 0 Å². The van der Waals surface area contributed by atoms with E-state index in [1.807, 2.05) is 0 Å². The number of amides is 1. The minimum atomic E-state index is -3.45. The van der Waals surface area contributed by atoms with Crippen molar-refractivity contribution in [2.45, 2.75) is 49.7 Å². The van der Waals surface area contributed by atoms with E-state index in [0.29, 0.717) is 39.1 Å². The summed E-state index contributed by atoms with van der Waals surface area (Å²) in [5.41, 5.74) is 0.0667. The van der Waals surface area contributed by atoms with Crippen molar-refractivity contribution in [1.82, 2.24) is 10.6 Å². The van der Waals surface area contributed by atoms with Crippen LogP contribution in [-0.2, 0) is 19.4 Å². The molecule has 0 radical (unpaired) electrons. The van der Waals surface area contributed by atoms with Crippen LogP contribution in [-0.4, -0.2) is 58.7 Å². The van der Waals surface area contributed by atoms with E-state index >= 15 is 0 Å². The third-order valence-electron chi connectivity index (χ3n) is 5.66. The van der Waals surface area contributed by atoms with Crippen molar-refractivity contribution in [3.8, 4) is 0 Å². The lowest BCUT2D eigenvalue weighted by Gasteiger charge is -2.36. The number of rotatable bonds is 7. The summed E-state index contributed by atoms with van der Waals surface area (Å²) in [6, 6.07) is 0. The van der Waals surface area contributed by atoms with Gasteiger partial charge in [0.25, 0.3) is 0 Å². The third kappa shape index (κ3) is 4.06. The van der Waals surface area contributed by atoms with Crippen LogP contribution in [0.1, 0.15) is 44.9 Å². The Bertz CT molecular complexity index is 506. The highest BCUT2D eigenvalue weighted by Crippen LogP contribution is 2.41. The van der Waals surface area contributed by atoms with E-state index in [-0.39, 0.29) is 11.3 Å². The molecule has 2 fully saturated rings. The zero-order chi connectivity index (χ0) is 17.0. The molecule has 1 aliphatic heterocycles. The Hall–Kier alpha value is -0.660. The first-order valence-electron chi connectivity index (χ1n) is 8.53. The molecule has 0 spiro atoms. The van der Waals surface area contributed by atoms with Crippen LogP contribution in [0.2, 0.25) is 0 Å². The van der Waals surface area contributed by atoms with Crippen molar-refractivity contribution in [2.24, 2.45) is 5.41 Å². The molecule has 0 aromatic heterocycles. The van der Waals surface area contributed by atoms with Crippen LogP contribution in [0.25, 0.3) is 0 Å². The lowest BCUT2D eigenvalue weighted by Crippen LogP contribution is -2.58. The normalized spacial score (nSPS) is 23.6. The molecule has 1 saturated heterocycles. The van der Waals surface area contributed by atoms with Gasteiger partial charge in [0.05, 0.1) is 0 Å². The van der Waals surface area contributed by atoms with Gasteiger partial charge in [-0.25, -0.2) is 8.42 Å². The summed E-state index contributed by atoms with van der Waals surface area (Å²) in [5, 5.41) is 6.13. The molecule has 1 amide bonds. The molecular formula is C16H30N2O4S. The standard InChI is InChI=1S/C16H30N2O4S/c1-22-12-9-15(5-3-4-6-15)13-18-14(19)16(23(2,20)21)7-10-17-11-8-16/h17H,3-13H2,1-2H3,(H,18,19). The minimum Gasteiger partial charge on any atom is -0.385 e. The first-order valence-corrected chi connectivity index (χ1v) is 10.4. The van der Waals surface area contributed by atoms with E-state index in [1.165, 1.54) is 19.1 Å². The van der Waals surface area contributed by atoms with Crippen molar-refractivity contribution in [1.29, 1.82) is 0 Å². The highest BCUT2D eigenvalue weighted by atomic mass is 32.2. The van der Waals surface area contributed by atoms with Crippen molar-refractivity contribution < 1.29 is 17.9 Å². The molecule has 0 unspecified atom stereocenters. The molecule has 1 heterocycles. The Labute approximate surface area is 139 Å². The Kier molecular flexibility index (Phi) is 6.08. The Morgan fingerprint density at radius 1 is 1.17 bits per heavy atom. The second-order valence-corrected chi connectivity index (χ2v) is 9.47. The molecule has 0 atom stereocenters. The molecule has 2 N–H and O–H groups in total. The van der Waals surface area contributed by atoms with E-state index < -0.39 is 14.6 Å². The summed E-state index contributed by atoms with van der Waals surface area (Å²) in [6.07, 6.45) is 7.28. The largest absolute Gasteiger partial charge is 0.385 e. The average molecular weight is 346 g/mol. The Balaban J connectivity index is 2.06. The smallest absolute Gasteiger partial charge is 0.241 e. The zero-order valence-corrected chi connectivity index (χ0v) is 15.1. The van der Waals surface area contributed by atoms with Crippen LogP contribution < -0.4 is 10.6 Å². The van der Waals surface area contributed by atoms with Gasteiger partial charge >= 0.3 is 0 Å². The molecule has 6 nitrogen and oxygen atoms in total. The molecule has 23 heavy (non-hydrogen) atoms. The number of sulfone groups is 1. The van der Waals surface area contributed by atoms with Gasteiger partial charge in [0.1, 0.15) is 0 Å². The van der Waals surface area contributed by atoms with Gasteiger partial charge in [-0.1, -0.05) is 12.8 Å². The highest BCUT2D eigenvalue weighted by molar-refractivity contribution is 7.92. The number of carbonyl (C=O) groups excluding carboxylic acids is 1. The predicted molar refractivity (Wildman–Crippen MR) is 90.1 cm³/mol. The second-order valence-electron chi connectivity index (χ2n) is 7.15. The highest BCUT2D eigenvalue weighted by Gasteiger charge is 2.49. The molecule has 134 valence electrons. The molecule has 2 aliphatic rings. The van der Waals surface area contributed by atoms with Gasteiger partial charge in [-0.2, -0.15) is 0 Å². The van der Waals surface area contributed by atoms with Gasteiger partial charge in [-0.05, 0) is 50.6 Å². The van der Waals surface area contributed by atoms with Gasteiger partial charge < -0.3 is 15.4 Å². The Morgan fingerprint density at radius 3 is 2.30 bits per heavy atom. The first-order chi connectivity index (χ1) is 10.9. The number of piperidine rings is 1. The van der Waals surface area contributed by atoms with Crippen LogP contribution in [0.4, 0.5) is 0 Å². The SMILES string of the molecule is COCCC1(CNC(=O)C2(S(C)(=O)=O)CCNCC2)CCCC1. The van der Waals surface area contributed by atoms with Crippen molar-refractivity contribution >= 4 is 15.7 Å². The third-order valence-corrected chi connectivity index (χ3v) is 7.67. The van der Waals surface area contributed by atoms with Crippen molar-refractivity contribution in [2.75, 3.05) is 39.6 Å². The predicted octanol–water partition coefficient (Wildman–Crippen LogP) is 0.866. The van der Waals surface area contributed by atoms with Crippen LogP contribution >= 0.6 is 0 Å². The maximum absolute atomic E-state index is 12.8. The van der Waals surface area contributed by atoms with Crippen LogP contribution in [0.15, 0.2) is 0 Å². The van der Waals surface area contributed by atoms with E-state index in [0.717, 1.165) is 19.3 Å². The average Bonchev–Trinajstić information content (AvgIpc) is 2.99. The van der Waals surface area contributed by atoms with Gasteiger partial charge in [-0.3, -0.25) is 4.79 Å². The first kappa shape index (κ1) is 18.7. The molecule has 7 heteroatoms. The number of methoxy groups -OCH3 is 1. The topological polar surface area (TPSA) is 84.5 Å². The maximum Gasteiger partial charge on any atom is 0.241 e. The summed E-state index contributed by atoms with van der Waals surface area (Å²) in [4.78, 5) is 12.8. The van der Waals surface area contributed by atoms with E-state index in [1.54, 1.807) is 7.11 Å². The van der Waals surface area contributed by atoms with Crippen molar-refractivity contribution in [3.63, 3.8) is 0 Å². The number of hydrogen-bond acceptors (Lipinski definition) is 5. The molecule has 0 aromatic carbocycles. The van der Waals surface area contributed by atoms with E-state index in [2.05, 4.69) is 10.6 Å². The quantitative estimate of drug-likeness (QED) is 0.714. The number of ether oxygens (including phenoxy) is 1. The van der Waals surface area contributed by atoms with Crippen LogP contribution in [0.5, 0.6) is 0 Å². The molecular weight excluding hydrogens is 316 g/mol. The van der Waals surface area contributed by atoms with Gasteiger partial charge in [0.15, 0.2) is 14.6 Å². The monoisotopic (exact) mass is 346 g/mol. The molecule has 0 aromatic rings. The van der Waals surface area contributed by atoms with E-state index in [4.69, 9.17) is 4.74 Å². The number of carbonyl (C=O) groups is 1. The van der Waals surface area contributed by atoms with Gasteiger partial charge in [0, 0.05) is 26.5 Å². The van der Waals surface area contributed by atoms with Crippen LogP contribution in [0, 0.1) is 5.41 Å². The Morgan fingerprint density at radius 2 is 1.78 bits per heavy atom. The molecule has 2 rings (SSSR count). The van der Waals surface area contributed by atoms with Gasteiger partial charge in [-0.15, -0.1) is 0 Å². The number of hydrogen-bond donors (Lipinski definition) is 2. The zero-order valence-electron chi connectivity index (χ0n) is 14.3. The van der Waals surface area contributed by atoms with Gasteiger partial charge in [0.2, 0.25) is 5.91 Å². The van der Waals surface area contributed by atoms with Crippen LogP contribution in [0.3, 0.4) is 0 Å². The number of nitrogens with one attached hydrogen (secondary N) is 2. The lowest BCUT2D eigenvalue weighted by molar-refractivity contribution is -0.124. The summed E-state index contributed by atoms with van der Waals surface area (Å²) in [5.74, 6) is -0.315. The minimum absolute atomic E-state index is 0.0667. The molecule has 0 bridgehead atoms. The molecule has 1 saturated carbocycles. The summed E-state index contributed by atoms with van der Waals surface area (Å²) in [7, 11) is -1.76. The summed E-state index contributed by atoms with van der Waals surface area (Å²) >= 11 is 0. The second kappa shape index (κ2) is 7.49. The summed E-state index contributed by atoms with van der Waals surface area (Å²) in [6.45, 7) is 2.36. The fourth-order valence-electron chi connectivity index (χ4n) is 3.98. The fourth-order valence-corrected chi connectivity index (χ4v) is 5.34. The summed E-state index contributed by atoms with van der Waals surface area (Å²) < 4.78 is 28.5. The lowest BCUT2D eigenvalue weighted by atomic mass is 9.82. The fraction of sp³-hybridized carbons (Fsp3) is 0.938. The molecule has 1 aliphatic carbocycles. The van der Waals surface area contributed by atoms with E-state index in [9.17, 15) is 13.2 Å². The maximum atomic E-state index is 12.8.